The van der Waals surface area contributed by atoms with Crippen LogP contribution in [0.2, 0.25) is 0 Å². The van der Waals surface area contributed by atoms with E-state index < -0.39 is 28.7 Å². The van der Waals surface area contributed by atoms with E-state index in [-0.39, 0.29) is 0 Å². The quantitative estimate of drug-likeness (QED) is 0.424. The first-order valence-corrected chi connectivity index (χ1v) is 4.78. The Kier molecular flexibility index (Phi) is 4.66. The van der Waals surface area contributed by atoms with Crippen molar-refractivity contribution in [2.75, 3.05) is 0 Å². The summed E-state index contributed by atoms with van der Waals surface area (Å²) in [4.78, 5) is 0. The lowest BCUT2D eigenvalue weighted by molar-refractivity contribution is -0.448. The zero-order chi connectivity index (χ0) is 12.5. The van der Waals surface area contributed by atoms with Crippen LogP contribution in [0.15, 0.2) is 0 Å². The van der Waals surface area contributed by atoms with Crippen LogP contribution in [0, 0.1) is 0 Å². The van der Waals surface area contributed by atoms with Crippen molar-refractivity contribution in [2.24, 2.45) is 0 Å². The smallest absolute Gasteiger partial charge is 0.245 e. The lowest BCUT2D eigenvalue weighted by Gasteiger charge is -2.29. The van der Waals surface area contributed by atoms with E-state index in [2.05, 4.69) is 4.74 Å². The number of rotatable bonds is 3. The Labute approximate surface area is 94.1 Å². The second kappa shape index (κ2) is 4.60. The number of hydrogen-bond donors (Lipinski definition) is 0. The van der Waals surface area contributed by atoms with Gasteiger partial charge in [0.25, 0.3) is 0 Å². The molecule has 0 rings (SSSR count). The zero-order valence-corrected chi connectivity index (χ0v) is 9.37. The van der Waals surface area contributed by atoms with Crippen molar-refractivity contribution in [1.29, 1.82) is 0 Å². The lowest BCUT2D eigenvalue weighted by Crippen LogP contribution is -2.48. The van der Waals surface area contributed by atoms with Crippen molar-refractivity contribution < 1.29 is 35.5 Å². The molecule has 0 aromatic heterocycles. The highest BCUT2D eigenvalue weighted by atomic mass is 127. The molecule has 92 valence electrons. The summed E-state index contributed by atoms with van der Waals surface area (Å²) >= 11 is 1.37. The van der Waals surface area contributed by atoms with Crippen LogP contribution in [-0.4, -0.2) is 22.3 Å². The predicted molar refractivity (Wildman–Crippen MR) is 45.1 cm³/mol. The number of ether oxygens (including phenoxy) is 1. The van der Waals surface area contributed by atoms with Crippen molar-refractivity contribution >= 4 is 22.6 Å². The summed E-state index contributed by atoms with van der Waals surface area (Å²) in [5.74, 6) is -4.69. The van der Waals surface area contributed by atoms with Crippen LogP contribution >= 0.6 is 22.6 Å². The minimum absolute atomic E-state index is 0.962. The minimum atomic E-state index is -5.72. The molecule has 0 aliphatic carbocycles. The molecule has 0 saturated carbocycles. The van der Waals surface area contributed by atoms with Crippen LogP contribution in [0.4, 0.5) is 30.7 Å². The second-order valence-corrected chi connectivity index (χ2v) is 4.89. The third-order valence-corrected chi connectivity index (χ3v) is 1.69. The van der Waals surface area contributed by atoms with E-state index >= 15 is 0 Å². The molecule has 15 heavy (non-hydrogen) atoms. The summed E-state index contributed by atoms with van der Waals surface area (Å²) in [6, 6.07) is 0. The molecule has 1 nitrogen and oxygen atoms in total. The number of alkyl halides is 8. The normalized spacial score (nSPS) is 19.8. The summed E-state index contributed by atoms with van der Waals surface area (Å²) in [6.45, 7) is 1.14. The van der Waals surface area contributed by atoms with Crippen LogP contribution in [0.5, 0.6) is 0 Å². The average molecular weight is 354 g/mol. The van der Waals surface area contributed by atoms with Crippen LogP contribution in [0.1, 0.15) is 13.3 Å². The molecule has 0 radical (unpaired) electrons. The minimum Gasteiger partial charge on any atom is -0.245 e. The molecule has 0 bridgehead atoms. The van der Waals surface area contributed by atoms with Gasteiger partial charge in [0.15, 0.2) is 0 Å². The molecule has 0 unspecified atom stereocenters. The van der Waals surface area contributed by atoms with Crippen LogP contribution < -0.4 is 0 Å². The van der Waals surface area contributed by atoms with Gasteiger partial charge < -0.3 is 0 Å². The molecular weight excluding hydrogens is 348 g/mol. The molecule has 0 amide bonds. The van der Waals surface area contributed by atoms with Crippen molar-refractivity contribution in [3.63, 3.8) is 0 Å². The molecule has 0 fully saturated rings. The predicted octanol–water partition coefficient (Wildman–Crippen LogP) is 3.96. The van der Waals surface area contributed by atoms with E-state index in [1.807, 2.05) is 0 Å². The maximum Gasteiger partial charge on any atom is 0.525 e. The van der Waals surface area contributed by atoms with Crippen LogP contribution in [0.25, 0.3) is 0 Å². The molecule has 0 aliphatic rings. The maximum absolute atomic E-state index is 13.0. The summed E-state index contributed by atoms with van der Waals surface area (Å²) in [5.41, 5.74) is 0. The fourth-order valence-corrected chi connectivity index (χ4v) is 1.33. The van der Waals surface area contributed by atoms with Gasteiger partial charge in [-0.1, -0.05) is 29.5 Å². The Hall–Kier alpha value is 0.200. The van der Waals surface area contributed by atoms with E-state index in [0.29, 0.717) is 0 Å². The largest absolute Gasteiger partial charge is 0.525 e. The molecule has 0 aromatic carbocycles. The van der Waals surface area contributed by atoms with E-state index in [9.17, 15) is 30.7 Å². The van der Waals surface area contributed by atoms with Crippen molar-refractivity contribution in [2.45, 2.75) is 35.7 Å². The first-order valence-electron chi connectivity index (χ1n) is 3.54. The Balaban J connectivity index is 4.88. The fraction of sp³-hybridized carbons (Fsp3) is 1.00. The van der Waals surface area contributed by atoms with Gasteiger partial charge in [0.05, 0.1) is 0 Å². The molecule has 9 heteroatoms. The van der Waals surface area contributed by atoms with E-state index in [0.717, 1.165) is 6.92 Å². The van der Waals surface area contributed by atoms with Crippen molar-refractivity contribution in [3.05, 3.63) is 0 Å². The topological polar surface area (TPSA) is 9.23 Å². The van der Waals surface area contributed by atoms with Gasteiger partial charge in [0.2, 0.25) is 0 Å². The van der Waals surface area contributed by atoms with Gasteiger partial charge >= 0.3 is 18.4 Å². The van der Waals surface area contributed by atoms with Gasteiger partial charge in [-0.2, -0.15) is 13.2 Å². The Morgan fingerprint density at radius 2 is 1.47 bits per heavy atom. The second-order valence-electron chi connectivity index (χ2n) is 2.76. The van der Waals surface area contributed by atoms with E-state index in [1.54, 1.807) is 0 Å². The molecule has 2 atom stereocenters. The van der Waals surface area contributed by atoms with Gasteiger partial charge in [0.1, 0.15) is 0 Å². The monoisotopic (exact) mass is 354 g/mol. The molecule has 0 N–H and O–H groups in total. The highest BCUT2D eigenvalue weighted by Crippen LogP contribution is 2.43. The molecule has 0 saturated heterocycles. The van der Waals surface area contributed by atoms with E-state index in [4.69, 9.17) is 0 Å². The molecule has 0 spiro atoms. The Morgan fingerprint density at radius 3 is 1.67 bits per heavy atom. The van der Waals surface area contributed by atoms with Gasteiger partial charge in [-0.05, 0) is 0 Å². The zero-order valence-electron chi connectivity index (χ0n) is 7.22. The van der Waals surface area contributed by atoms with Gasteiger partial charge in [-0.3, -0.25) is 0 Å². The van der Waals surface area contributed by atoms with Crippen molar-refractivity contribution in [3.8, 4) is 0 Å². The van der Waals surface area contributed by atoms with Gasteiger partial charge in [-0.25, -0.2) is 9.13 Å². The first-order chi connectivity index (χ1) is 6.37. The average Bonchev–Trinajstić information content (AvgIpc) is 1.75. The highest BCUT2D eigenvalue weighted by molar-refractivity contribution is 14.1. The molecular formula is C6H6F7IO. The Bertz CT molecular complexity index is 211. The summed E-state index contributed by atoms with van der Waals surface area (Å²) < 4.78 is 85.2. The SMILES string of the molecule is C[C@H](I)C[C@@](F)(OC(F)(F)F)C(F)(F)F. The van der Waals surface area contributed by atoms with Gasteiger partial charge in [-0.15, -0.1) is 13.2 Å². The fourth-order valence-electron chi connectivity index (χ4n) is 0.760. The number of hydrogen-bond acceptors (Lipinski definition) is 1. The summed E-state index contributed by atoms with van der Waals surface area (Å²) in [7, 11) is 0. The molecule has 0 aliphatic heterocycles. The van der Waals surface area contributed by atoms with Crippen LogP contribution in [-0.2, 0) is 4.74 Å². The Morgan fingerprint density at radius 1 is 1.07 bits per heavy atom. The van der Waals surface area contributed by atoms with E-state index in [1.165, 1.54) is 22.6 Å². The van der Waals surface area contributed by atoms with Crippen LogP contribution in [0.3, 0.4) is 0 Å². The molecule has 0 aromatic rings. The van der Waals surface area contributed by atoms with Gasteiger partial charge in [0, 0.05) is 10.3 Å². The lowest BCUT2D eigenvalue weighted by atomic mass is 10.1. The molecule has 0 heterocycles. The highest BCUT2D eigenvalue weighted by Gasteiger charge is 2.62. The number of halogens is 8. The third-order valence-electron chi connectivity index (χ3n) is 1.24. The standard InChI is InChI=1S/C6H6F7IO/c1-3(14)2-4(7,5(8,9)10)15-6(11,12)13/h3H,2H2,1H3/t3-,4+/m0/s1. The maximum atomic E-state index is 13.0. The summed E-state index contributed by atoms with van der Waals surface area (Å²) in [6.07, 6.45) is -12.8. The first kappa shape index (κ1) is 15.2. The third kappa shape index (κ3) is 5.18. The van der Waals surface area contributed by atoms with Crippen molar-refractivity contribution in [1.82, 2.24) is 0 Å². The summed E-state index contributed by atoms with van der Waals surface area (Å²) in [5, 5.41) is 0.